The van der Waals surface area contributed by atoms with Crippen molar-refractivity contribution in [1.29, 1.82) is 0 Å². The number of hydrogen-bond donors (Lipinski definition) is 0. The second-order valence-electron chi connectivity index (χ2n) is 4.87. The van der Waals surface area contributed by atoms with Crippen molar-refractivity contribution in [1.82, 2.24) is 0 Å². The summed E-state index contributed by atoms with van der Waals surface area (Å²) in [6.07, 6.45) is 0. The maximum Gasteiger partial charge on any atom is 0.341 e. The molecule has 3 nitrogen and oxygen atoms in total. The molecule has 0 saturated heterocycles. The number of benzene rings is 1. The number of halogens is 2. The lowest BCUT2D eigenvalue weighted by Crippen LogP contribution is -2.39. The Morgan fingerprint density at radius 1 is 1.33 bits per heavy atom. The van der Waals surface area contributed by atoms with Crippen molar-refractivity contribution >= 4 is 5.97 Å². The molecule has 0 spiro atoms. The first-order valence-electron chi connectivity index (χ1n) is 5.51. The van der Waals surface area contributed by atoms with Gasteiger partial charge < -0.3 is 9.47 Å². The number of methoxy groups -OCH3 is 1. The van der Waals surface area contributed by atoms with Crippen LogP contribution in [0.3, 0.4) is 0 Å². The minimum atomic E-state index is -3.14. The molecule has 0 unspecified atom stereocenters. The maximum atomic E-state index is 14.2. The molecule has 2 rings (SSSR count). The summed E-state index contributed by atoms with van der Waals surface area (Å²) in [5.41, 5.74) is -1.33. The van der Waals surface area contributed by atoms with E-state index in [1.54, 1.807) is 6.92 Å². The predicted molar refractivity (Wildman–Crippen MR) is 61.1 cm³/mol. The highest BCUT2D eigenvalue weighted by Gasteiger charge is 2.58. The minimum Gasteiger partial charge on any atom is -0.480 e. The fraction of sp³-hybridized carbons (Fsp3) is 0.462. The number of rotatable bonds is 1. The Bertz CT molecular complexity index is 521. The SMILES string of the molecule is COC(=O)c1cc(C)cc2c1OC(C)(C)C2(F)F. The normalized spacial score (nSPS) is 19.0. The van der Waals surface area contributed by atoms with Gasteiger partial charge in [-0.15, -0.1) is 0 Å². The van der Waals surface area contributed by atoms with Crippen molar-refractivity contribution in [2.24, 2.45) is 0 Å². The van der Waals surface area contributed by atoms with E-state index in [0.717, 1.165) is 0 Å². The zero-order chi connectivity index (χ0) is 13.7. The van der Waals surface area contributed by atoms with E-state index in [-0.39, 0.29) is 16.9 Å². The van der Waals surface area contributed by atoms with Gasteiger partial charge in [-0.2, -0.15) is 8.78 Å². The van der Waals surface area contributed by atoms with E-state index in [0.29, 0.717) is 5.56 Å². The molecule has 0 saturated carbocycles. The number of alkyl halides is 2. The Balaban J connectivity index is 2.69. The molecule has 1 heterocycles. The van der Waals surface area contributed by atoms with Crippen LogP contribution in [-0.4, -0.2) is 18.7 Å². The standard InChI is InChI=1S/C13H14F2O3/c1-7-5-8(11(16)17-4)10-9(6-7)13(14,15)12(2,3)18-10/h5-6H,1-4H3. The predicted octanol–water partition coefficient (Wildman–Crippen LogP) is 3.04. The maximum absolute atomic E-state index is 14.2. The zero-order valence-corrected chi connectivity index (χ0v) is 10.6. The fourth-order valence-corrected chi connectivity index (χ4v) is 2.02. The van der Waals surface area contributed by atoms with Crippen LogP contribution in [0, 0.1) is 6.92 Å². The third kappa shape index (κ3) is 1.57. The van der Waals surface area contributed by atoms with E-state index in [9.17, 15) is 13.6 Å². The molecular formula is C13H14F2O3. The lowest BCUT2D eigenvalue weighted by atomic mass is 9.94. The third-order valence-corrected chi connectivity index (χ3v) is 3.09. The molecule has 1 aliphatic heterocycles. The Morgan fingerprint density at radius 2 is 1.94 bits per heavy atom. The monoisotopic (exact) mass is 256 g/mol. The molecule has 1 aromatic rings. The first-order valence-corrected chi connectivity index (χ1v) is 5.51. The van der Waals surface area contributed by atoms with Gasteiger partial charge in [-0.3, -0.25) is 0 Å². The molecule has 0 radical (unpaired) electrons. The Hall–Kier alpha value is -1.65. The summed E-state index contributed by atoms with van der Waals surface area (Å²) in [7, 11) is 1.20. The van der Waals surface area contributed by atoms with Gasteiger partial charge in [-0.25, -0.2) is 4.79 Å². The van der Waals surface area contributed by atoms with Crippen molar-refractivity contribution in [3.05, 3.63) is 28.8 Å². The Kier molecular flexibility index (Phi) is 2.61. The van der Waals surface area contributed by atoms with Gasteiger partial charge >= 0.3 is 11.9 Å². The van der Waals surface area contributed by atoms with Crippen LogP contribution in [0.4, 0.5) is 8.78 Å². The summed E-state index contributed by atoms with van der Waals surface area (Å²) >= 11 is 0. The number of ether oxygens (including phenoxy) is 2. The van der Waals surface area contributed by atoms with Gasteiger partial charge in [0.1, 0.15) is 11.3 Å². The lowest BCUT2D eigenvalue weighted by Gasteiger charge is -2.25. The molecular weight excluding hydrogens is 242 g/mol. The number of aryl methyl sites for hydroxylation is 1. The van der Waals surface area contributed by atoms with Gasteiger partial charge in [0, 0.05) is 0 Å². The second kappa shape index (κ2) is 3.67. The fourth-order valence-electron chi connectivity index (χ4n) is 2.02. The van der Waals surface area contributed by atoms with Gasteiger partial charge in [-0.05, 0) is 38.5 Å². The van der Waals surface area contributed by atoms with Crippen LogP contribution in [0.15, 0.2) is 12.1 Å². The van der Waals surface area contributed by atoms with Gasteiger partial charge in [0.05, 0.1) is 12.7 Å². The van der Waals surface area contributed by atoms with E-state index in [1.807, 2.05) is 0 Å². The van der Waals surface area contributed by atoms with E-state index >= 15 is 0 Å². The van der Waals surface area contributed by atoms with E-state index in [4.69, 9.17) is 4.74 Å². The summed E-state index contributed by atoms with van der Waals surface area (Å²) in [6.45, 7) is 4.24. The van der Waals surface area contributed by atoms with Crippen molar-refractivity contribution in [3.63, 3.8) is 0 Å². The Morgan fingerprint density at radius 3 is 2.50 bits per heavy atom. The number of fused-ring (bicyclic) bond motifs is 1. The molecule has 1 aliphatic rings. The molecule has 0 fully saturated rings. The highest BCUT2D eigenvalue weighted by atomic mass is 19.3. The smallest absolute Gasteiger partial charge is 0.341 e. The summed E-state index contributed by atoms with van der Waals surface area (Å²) in [6, 6.07) is 2.83. The lowest BCUT2D eigenvalue weighted by molar-refractivity contribution is -0.127. The minimum absolute atomic E-state index is 0.0396. The van der Waals surface area contributed by atoms with Gasteiger partial charge in [0.15, 0.2) is 5.60 Å². The molecule has 0 N–H and O–H groups in total. The molecule has 98 valence electrons. The second-order valence-corrected chi connectivity index (χ2v) is 4.87. The number of carbonyl (C=O) groups is 1. The highest BCUT2D eigenvalue weighted by molar-refractivity contribution is 5.93. The van der Waals surface area contributed by atoms with Crippen LogP contribution in [0.25, 0.3) is 0 Å². The van der Waals surface area contributed by atoms with E-state index < -0.39 is 17.5 Å². The summed E-state index contributed by atoms with van der Waals surface area (Å²) in [4.78, 5) is 11.6. The van der Waals surface area contributed by atoms with Gasteiger partial charge in [0.25, 0.3) is 0 Å². The molecule has 0 aliphatic carbocycles. The van der Waals surface area contributed by atoms with Crippen LogP contribution in [0.5, 0.6) is 5.75 Å². The average Bonchev–Trinajstić information content (AvgIpc) is 2.45. The first kappa shape index (κ1) is 12.8. The quantitative estimate of drug-likeness (QED) is 0.724. The third-order valence-electron chi connectivity index (χ3n) is 3.09. The van der Waals surface area contributed by atoms with Crippen LogP contribution in [0.2, 0.25) is 0 Å². The van der Waals surface area contributed by atoms with Crippen LogP contribution in [-0.2, 0) is 10.7 Å². The summed E-state index contributed by atoms with van der Waals surface area (Å²) in [5, 5.41) is 0. The van der Waals surface area contributed by atoms with Gasteiger partial charge in [0.2, 0.25) is 0 Å². The first-order chi connectivity index (χ1) is 8.20. The number of hydrogen-bond acceptors (Lipinski definition) is 3. The topological polar surface area (TPSA) is 35.5 Å². The van der Waals surface area contributed by atoms with Gasteiger partial charge in [-0.1, -0.05) is 0 Å². The van der Waals surface area contributed by atoms with Crippen LogP contribution < -0.4 is 4.74 Å². The molecule has 0 amide bonds. The Labute approximate surface area is 104 Å². The highest BCUT2D eigenvalue weighted by Crippen LogP contribution is 2.53. The van der Waals surface area contributed by atoms with E-state index in [2.05, 4.69) is 4.74 Å². The molecule has 5 heteroatoms. The number of esters is 1. The molecule has 0 atom stereocenters. The van der Waals surface area contributed by atoms with Crippen molar-refractivity contribution in [2.45, 2.75) is 32.3 Å². The molecule has 0 bridgehead atoms. The molecule has 18 heavy (non-hydrogen) atoms. The molecule has 0 aromatic heterocycles. The summed E-state index contributed by atoms with van der Waals surface area (Å²) < 4.78 is 38.2. The molecule has 1 aromatic carbocycles. The van der Waals surface area contributed by atoms with Crippen molar-refractivity contribution in [3.8, 4) is 5.75 Å². The van der Waals surface area contributed by atoms with Crippen molar-refractivity contribution < 1.29 is 23.0 Å². The zero-order valence-electron chi connectivity index (χ0n) is 10.6. The van der Waals surface area contributed by atoms with Crippen LogP contribution >= 0.6 is 0 Å². The van der Waals surface area contributed by atoms with Crippen molar-refractivity contribution in [2.75, 3.05) is 7.11 Å². The average molecular weight is 256 g/mol. The summed E-state index contributed by atoms with van der Waals surface area (Å²) in [5.74, 6) is -3.90. The number of carbonyl (C=O) groups excluding carboxylic acids is 1. The largest absolute Gasteiger partial charge is 0.480 e. The van der Waals surface area contributed by atoms with Crippen LogP contribution in [0.1, 0.15) is 35.3 Å². The van der Waals surface area contributed by atoms with E-state index in [1.165, 1.54) is 33.1 Å².